The molecule has 0 aliphatic rings. The first-order chi connectivity index (χ1) is 9.16. The molecule has 0 heterocycles. The number of carbonyl (C=O) groups is 1. The van der Waals surface area contributed by atoms with Crippen molar-refractivity contribution in [2.45, 2.75) is 6.42 Å². The fraction of sp³-hybridized carbons (Fsp3) is 0.133. The van der Waals surface area contributed by atoms with E-state index >= 15 is 0 Å². The molecule has 19 heavy (non-hydrogen) atoms. The van der Waals surface area contributed by atoms with Crippen LogP contribution in [0.1, 0.15) is 15.9 Å². The largest absolute Gasteiger partial charge is 0.352 e. The Labute approximate surface area is 131 Å². The van der Waals surface area contributed by atoms with E-state index in [2.05, 4.69) is 40.0 Å². The van der Waals surface area contributed by atoms with Gasteiger partial charge in [-0.25, -0.2) is 0 Å². The zero-order valence-electron chi connectivity index (χ0n) is 10.2. The summed E-state index contributed by atoms with van der Waals surface area (Å²) in [7, 11) is 0. The number of hydrogen-bond acceptors (Lipinski definition) is 1. The van der Waals surface area contributed by atoms with Crippen LogP contribution in [0.5, 0.6) is 0 Å². The summed E-state index contributed by atoms with van der Waals surface area (Å²) >= 11 is 7.99. The number of nitrogens with one attached hydrogen (secondary N) is 1. The molecule has 1 N–H and O–H groups in total. The molecule has 0 bridgehead atoms. The van der Waals surface area contributed by atoms with Crippen molar-refractivity contribution in [3.63, 3.8) is 0 Å². The van der Waals surface area contributed by atoms with Crippen LogP contribution in [0.3, 0.4) is 0 Å². The first kappa shape index (κ1) is 14.3. The molecule has 1 amide bonds. The predicted octanol–water partition coefficient (Wildman–Crippen LogP) is 3.92. The molecule has 0 saturated carbocycles. The lowest BCUT2D eigenvalue weighted by atomic mass is 10.1. The summed E-state index contributed by atoms with van der Waals surface area (Å²) in [5.74, 6) is -0.0583. The van der Waals surface area contributed by atoms with Crippen LogP contribution in [0.2, 0.25) is 5.02 Å². The highest BCUT2D eigenvalue weighted by Crippen LogP contribution is 2.17. The van der Waals surface area contributed by atoms with Crippen molar-refractivity contribution in [2.24, 2.45) is 0 Å². The molecule has 4 heteroatoms. The Hall–Kier alpha value is -1.07. The zero-order chi connectivity index (χ0) is 13.7. The maximum Gasteiger partial charge on any atom is 0.252 e. The molecular weight excluding hydrogens is 373 g/mol. The highest BCUT2D eigenvalue weighted by molar-refractivity contribution is 14.1. The Morgan fingerprint density at radius 3 is 2.58 bits per heavy atom. The molecule has 2 aromatic carbocycles. The number of rotatable bonds is 4. The molecule has 2 rings (SSSR count). The number of amides is 1. The normalized spacial score (nSPS) is 10.2. The van der Waals surface area contributed by atoms with Crippen LogP contribution < -0.4 is 5.32 Å². The van der Waals surface area contributed by atoms with Gasteiger partial charge in [0.2, 0.25) is 0 Å². The minimum atomic E-state index is -0.0583. The molecular formula is C15H13ClINO. The summed E-state index contributed by atoms with van der Waals surface area (Å²) < 4.78 is 0.863. The van der Waals surface area contributed by atoms with Gasteiger partial charge in [-0.2, -0.15) is 0 Å². The van der Waals surface area contributed by atoms with Gasteiger partial charge in [0.15, 0.2) is 0 Å². The summed E-state index contributed by atoms with van der Waals surface area (Å²) in [6.45, 7) is 0.627. The van der Waals surface area contributed by atoms with Gasteiger partial charge in [-0.1, -0.05) is 41.9 Å². The van der Waals surface area contributed by atoms with E-state index in [1.807, 2.05) is 18.2 Å². The Morgan fingerprint density at radius 2 is 1.89 bits per heavy atom. The minimum absolute atomic E-state index is 0.0583. The SMILES string of the molecule is O=C(NCCc1ccccc1)c1ccc(Cl)cc1I. The maximum absolute atomic E-state index is 12.0. The second kappa shape index (κ2) is 6.91. The van der Waals surface area contributed by atoms with Crippen LogP contribution in [0, 0.1) is 3.57 Å². The zero-order valence-corrected chi connectivity index (χ0v) is 13.1. The van der Waals surface area contributed by atoms with Crippen LogP contribution in [0.15, 0.2) is 48.5 Å². The average molecular weight is 386 g/mol. The molecule has 2 aromatic rings. The number of benzene rings is 2. The van der Waals surface area contributed by atoms with Gasteiger partial charge in [-0.15, -0.1) is 0 Å². The van der Waals surface area contributed by atoms with Crippen molar-refractivity contribution in [2.75, 3.05) is 6.54 Å². The average Bonchev–Trinajstić information content (AvgIpc) is 2.39. The molecule has 0 radical (unpaired) electrons. The van der Waals surface area contributed by atoms with Crippen molar-refractivity contribution in [1.29, 1.82) is 0 Å². The first-order valence-electron chi connectivity index (χ1n) is 5.94. The lowest BCUT2D eigenvalue weighted by Gasteiger charge is -2.07. The predicted molar refractivity (Wildman–Crippen MR) is 86.6 cm³/mol. The van der Waals surface area contributed by atoms with E-state index in [0.29, 0.717) is 17.1 Å². The Morgan fingerprint density at radius 1 is 1.16 bits per heavy atom. The van der Waals surface area contributed by atoms with E-state index in [1.54, 1.807) is 18.2 Å². The second-order valence-corrected chi connectivity index (χ2v) is 5.71. The van der Waals surface area contributed by atoms with E-state index < -0.39 is 0 Å². The fourth-order valence-corrected chi connectivity index (χ4v) is 2.85. The van der Waals surface area contributed by atoms with Crippen LogP contribution in [-0.2, 0) is 6.42 Å². The number of carbonyl (C=O) groups excluding carboxylic acids is 1. The summed E-state index contributed by atoms with van der Waals surface area (Å²) in [4.78, 5) is 12.0. The standard InChI is InChI=1S/C15H13ClINO/c16-12-6-7-13(14(17)10-12)15(19)18-9-8-11-4-2-1-3-5-11/h1-7,10H,8-9H2,(H,18,19). The third-order valence-corrected chi connectivity index (χ3v) is 3.85. The van der Waals surface area contributed by atoms with Gasteiger partial charge >= 0.3 is 0 Å². The van der Waals surface area contributed by atoms with Crippen molar-refractivity contribution in [1.82, 2.24) is 5.32 Å². The highest BCUT2D eigenvalue weighted by Gasteiger charge is 2.09. The fourth-order valence-electron chi connectivity index (χ4n) is 1.73. The summed E-state index contributed by atoms with van der Waals surface area (Å²) in [6.07, 6.45) is 0.830. The Bertz CT molecular complexity index is 572. The maximum atomic E-state index is 12.0. The van der Waals surface area contributed by atoms with Crippen LogP contribution in [-0.4, -0.2) is 12.5 Å². The van der Waals surface area contributed by atoms with E-state index in [4.69, 9.17) is 11.6 Å². The molecule has 0 aromatic heterocycles. The van der Waals surface area contributed by atoms with Crippen molar-refractivity contribution >= 4 is 40.1 Å². The van der Waals surface area contributed by atoms with E-state index in [9.17, 15) is 4.79 Å². The number of hydrogen-bond donors (Lipinski definition) is 1. The topological polar surface area (TPSA) is 29.1 Å². The van der Waals surface area contributed by atoms with Crippen LogP contribution in [0.4, 0.5) is 0 Å². The van der Waals surface area contributed by atoms with E-state index in [1.165, 1.54) is 5.56 Å². The van der Waals surface area contributed by atoms with Gasteiger partial charge in [0, 0.05) is 15.1 Å². The molecule has 0 aliphatic carbocycles. The van der Waals surface area contributed by atoms with Gasteiger partial charge < -0.3 is 5.32 Å². The summed E-state index contributed by atoms with van der Waals surface area (Å²) in [5.41, 5.74) is 1.88. The third kappa shape index (κ3) is 4.21. The van der Waals surface area contributed by atoms with Crippen LogP contribution >= 0.6 is 34.2 Å². The molecule has 98 valence electrons. The lowest BCUT2D eigenvalue weighted by molar-refractivity contribution is 0.0953. The molecule has 0 unspecified atom stereocenters. The van der Waals surface area contributed by atoms with E-state index in [-0.39, 0.29) is 5.91 Å². The molecule has 0 fully saturated rings. The van der Waals surface area contributed by atoms with Crippen molar-refractivity contribution in [3.8, 4) is 0 Å². The van der Waals surface area contributed by atoms with Crippen molar-refractivity contribution < 1.29 is 4.79 Å². The smallest absolute Gasteiger partial charge is 0.252 e. The van der Waals surface area contributed by atoms with Gasteiger partial charge in [0.1, 0.15) is 0 Å². The van der Waals surface area contributed by atoms with Gasteiger partial charge in [-0.3, -0.25) is 4.79 Å². The van der Waals surface area contributed by atoms with Crippen LogP contribution in [0.25, 0.3) is 0 Å². The van der Waals surface area contributed by atoms with Gasteiger partial charge in [0.25, 0.3) is 5.91 Å². The lowest BCUT2D eigenvalue weighted by Crippen LogP contribution is -2.26. The quantitative estimate of drug-likeness (QED) is 0.794. The molecule has 0 atom stereocenters. The van der Waals surface area contributed by atoms with Crippen molar-refractivity contribution in [3.05, 3.63) is 68.3 Å². The Kier molecular flexibility index (Phi) is 5.22. The number of halogens is 2. The Balaban J connectivity index is 1.91. The highest BCUT2D eigenvalue weighted by atomic mass is 127. The third-order valence-electron chi connectivity index (χ3n) is 2.72. The molecule has 2 nitrogen and oxygen atoms in total. The van der Waals surface area contributed by atoms with E-state index in [0.717, 1.165) is 9.99 Å². The molecule has 0 aliphatic heterocycles. The summed E-state index contributed by atoms with van der Waals surface area (Å²) in [6, 6.07) is 15.4. The molecule has 0 saturated heterocycles. The monoisotopic (exact) mass is 385 g/mol. The minimum Gasteiger partial charge on any atom is -0.352 e. The second-order valence-electron chi connectivity index (χ2n) is 4.12. The molecule has 0 spiro atoms. The van der Waals surface area contributed by atoms with Gasteiger partial charge in [0.05, 0.1) is 5.56 Å². The first-order valence-corrected chi connectivity index (χ1v) is 7.39. The summed E-state index contributed by atoms with van der Waals surface area (Å²) in [5, 5.41) is 3.56. The van der Waals surface area contributed by atoms with Gasteiger partial charge in [-0.05, 0) is 52.8 Å².